The highest BCUT2D eigenvalue weighted by Crippen LogP contribution is 2.38. The fraction of sp³-hybridized carbons (Fsp3) is 0.423. The van der Waals surface area contributed by atoms with Crippen molar-refractivity contribution in [1.29, 1.82) is 0 Å². The molecule has 2 rings (SSSR count). The van der Waals surface area contributed by atoms with Gasteiger partial charge in [-0.25, -0.2) is 4.79 Å². The number of benzene rings is 2. The van der Waals surface area contributed by atoms with Gasteiger partial charge >= 0.3 is 5.97 Å². The Balaban J connectivity index is 2.48. The van der Waals surface area contributed by atoms with Gasteiger partial charge in [0.15, 0.2) is 0 Å². The lowest BCUT2D eigenvalue weighted by molar-refractivity contribution is -0.137. The van der Waals surface area contributed by atoms with Gasteiger partial charge in [0.05, 0.1) is 6.61 Å². The van der Waals surface area contributed by atoms with Crippen LogP contribution in [0.15, 0.2) is 72.8 Å². The summed E-state index contributed by atoms with van der Waals surface area (Å²) < 4.78 is 12.2. The van der Waals surface area contributed by atoms with Crippen molar-refractivity contribution in [3.8, 4) is 0 Å². The van der Waals surface area contributed by atoms with Crippen LogP contribution in [0.2, 0.25) is 5.04 Å². The first-order chi connectivity index (χ1) is 14.3. The van der Waals surface area contributed by atoms with Gasteiger partial charge in [-0.1, -0.05) is 101 Å². The van der Waals surface area contributed by atoms with Crippen molar-refractivity contribution in [1.82, 2.24) is 0 Å². The maximum atomic E-state index is 11.7. The Morgan fingerprint density at radius 1 is 0.967 bits per heavy atom. The number of hydrogen-bond donors (Lipinski definition) is 0. The number of carbonyl (C=O) groups excluding carboxylic acids is 1. The van der Waals surface area contributed by atoms with Crippen LogP contribution in [0.25, 0.3) is 0 Å². The van der Waals surface area contributed by atoms with Gasteiger partial charge in [0.1, 0.15) is 0 Å². The van der Waals surface area contributed by atoms with E-state index < -0.39 is 8.32 Å². The molecule has 162 valence electrons. The summed E-state index contributed by atoms with van der Waals surface area (Å²) in [7, 11) is -2.59. The first kappa shape index (κ1) is 24.1. The number of rotatable bonds is 10. The predicted molar refractivity (Wildman–Crippen MR) is 128 cm³/mol. The molecule has 0 fully saturated rings. The molecule has 0 unspecified atom stereocenters. The lowest BCUT2D eigenvalue weighted by atomic mass is 10.1. The molecule has 0 aromatic heterocycles. The lowest BCUT2D eigenvalue weighted by Gasteiger charge is -2.45. The zero-order valence-corrected chi connectivity index (χ0v) is 20.1. The third-order valence-corrected chi connectivity index (χ3v) is 10.4. The minimum absolute atomic E-state index is 0.0342. The second-order valence-electron chi connectivity index (χ2n) is 8.58. The fourth-order valence-electron chi connectivity index (χ4n) is 3.99. The van der Waals surface area contributed by atoms with Crippen molar-refractivity contribution >= 4 is 24.7 Å². The summed E-state index contributed by atoms with van der Waals surface area (Å²) in [6.45, 7) is 11.2. The topological polar surface area (TPSA) is 35.5 Å². The summed E-state index contributed by atoms with van der Waals surface area (Å²) in [5, 5.41) is 2.49. The van der Waals surface area contributed by atoms with Crippen LogP contribution < -0.4 is 10.4 Å². The quantitative estimate of drug-likeness (QED) is 0.297. The molecule has 0 aliphatic rings. The van der Waals surface area contributed by atoms with E-state index in [0.717, 1.165) is 12.8 Å². The first-order valence-electron chi connectivity index (χ1n) is 11.0. The van der Waals surface area contributed by atoms with E-state index in [9.17, 15) is 4.79 Å². The van der Waals surface area contributed by atoms with Gasteiger partial charge in [-0.15, -0.1) is 0 Å². The Bertz CT molecular complexity index is 755. The van der Waals surface area contributed by atoms with E-state index in [0.29, 0.717) is 13.0 Å². The van der Waals surface area contributed by atoms with Crippen molar-refractivity contribution in [2.75, 3.05) is 6.61 Å². The Morgan fingerprint density at radius 3 is 1.93 bits per heavy atom. The van der Waals surface area contributed by atoms with Gasteiger partial charge in [0.2, 0.25) is 0 Å². The SMILES string of the molecule is CCC[C@H](C/C=C/C(=O)OCC)O[Si](c1ccccc1)(c1ccccc1)C(C)(C)C. The Kier molecular flexibility index (Phi) is 9.06. The molecule has 0 heterocycles. The number of hydrogen-bond acceptors (Lipinski definition) is 3. The fourth-order valence-corrected chi connectivity index (χ4v) is 8.72. The van der Waals surface area contributed by atoms with Crippen molar-refractivity contribution in [2.45, 2.75) is 65.0 Å². The summed E-state index contributed by atoms with van der Waals surface area (Å²) in [5.74, 6) is -0.293. The van der Waals surface area contributed by atoms with Gasteiger partial charge in [0, 0.05) is 12.2 Å². The molecule has 0 aliphatic heterocycles. The molecule has 0 saturated heterocycles. The van der Waals surface area contributed by atoms with E-state index in [1.54, 1.807) is 0 Å². The van der Waals surface area contributed by atoms with Crippen molar-refractivity contribution in [2.24, 2.45) is 0 Å². The predicted octanol–water partition coefficient (Wildman–Crippen LogP) is 5.24. The van der Waals surface area contributed by atoms with Crippen LogP contribution >= 0.6 is 0 Å². The summed E-state index contributed by atoms with van der Waals surface area (Å²) in [4.78, 5) is 11.7. The maximum Gasteiger partial charge on any atom is 0.330 e. The van der Waals surface area contributed by atoms with Crippen LogP contribution in [-0.2, 0) is 14.0 Å². The second kappa shape index (κ2) is 11.3. The highest BCUT2D eigenvalue weighted by Gasteiger charge is 2.51. The largest absolute Gasteiger partial charge is 0.463 e. The van der Waals surface area contributed by atoms with E-state index in [2.05, 4.69) is 88.4 Å². The Labute approximate surface area is 183 Å². The van der Waals surface area contributed by atoms with Crippen LogP contribution in [-0.4, -0.2) is 27.0 Å². The molecule has 0 spiro atoms. The van der Waals surface area contributed by atoms with Crippen molar-refractivity contribution in [3.05, 3.63) is 72.8 Å². The molecule has 0 N–H and O–H groups in total. The smallest absolute Gasteiger partial charge is 0.330 e. The number of esters is 1. The average Bonchev–Trinajstić information content (AvgIpc) is 2.72. The van der Waals surface area contributed by atoms with E-state index in [1.165, 1.54) is 16.4 Å². The Morgan fingerprint density at radius 2 is 1.50 bits per heavy atom. The summed E-state index contributed by atoms with van der Waals surface area (Å²) in [6.07, 6.45) is 6.12. The summed E-state index contributed by atoms with van der Waals surface area (Å²) >= 11 is 0. The third kappa shape index (κ3) is 5.93. The van der Waals surface area contributed by atoms with Gasteiger partial charge < -0.3 is 9.16 Å². The molecule has 1 atom stereocenters. The average molecular weight is 425 g/mol. The van der Waals surface area contributed by atoms with Gasteiger partial charge in [0.25, 0.3) is 8.32 Å². The molecule has 0 amide bonds. The van der Waals surface area contributed by atoms with Crippen molar-refractivity contribution < 1.29 is 14.0 Å². The minimum atomic E-state index is -2.59. The summed E-state index contributed by atoms with van der Waals surface area (Å²) in [5.41, 5.74) is 0. The van der Waals surface area contributed by atoms with Crippen LogP contribution in [0.5, 0.6) is 0 Å². The first-order valence-corrected chi connectivity index (χ1v) is 12.9. The van der Waals surface area contributed by atoms with Crippen LogP contribution in [0.4, 0.5) is 0 Å². The lowest BCUT2D eigenvalue weighted by Crippen LogP contribution is -2.67. The highest BCUT2D eigenvalue weighted by molar-refractivity contribution is 6.99. The maximum absolute atomic E-state index is 11.7. The molecule has 0 radical (unpaired) electrons. The molecule has 4 heteroatoms. The normalized spacial score (nSPS) is 13.4. The van der Waals surface area contributed by atoms with Crippen LogP contribution in [0.1, 0.15) is 53.9 Å². The van der Waals surface area contributed by atoms with Gasteiger partial charge in [-0.2, -0.15) is 0 Å². The molecule has 0 aliphatic carbocycles. The van der Waals surface area contributed by atoms with Gasteiger partial charge in [-0.3, -0.25) is 0 Å². The van der Waals surface area contributed by atoms with Crippen LogP contribution in [0, 0.1) is 0 Å². The molecular weight excluding hydrogens is 388 g/mol. The molecular formula is C26H36O3Si. The highest BCUT2D eigenvalue weighted by atomic mass is 28.4. The van der Waals surface area contributed by atoms with E-state index in [-0.39, 0.29) is 17.1 Å². The zero-order valence-electron chi connectivity index (χ0n) is 19.1. The minimum Gasteiger partial charge on any atom is -0.463 e. The zero-order chi connectivity index (χ0) is 22.0. The molecule has 0 saturated carbocycles. The number of ether oxygens (including phenoxy) is 1. The number of carbonyl (C=O) groups is 1. The second-order valence-corrected chi connectivity index (χ2v) is 12.8. The van der Waals surface area contributed by atoms with E-state index in [4.69, 9.17) is 9.16 Å². The monoisotopic (exact) mass is 424 g/mol. The van der Waals surface area contributed by atoms with Gasteiger partial charge in [-0.05, 0) is 35.2 Å². The van der Waals surface area contributed by atoms with E-state index >= 15 is 0 Å². The Hall–Kier alpha value is -2.17. The molecule has 2 aromatic carbocycles. The van der Waals surface area contributed by atoms with Crippen molar-refractivity contribution in [3.63, 3.8) is 0 Å². The molecule has 0 bridgehead atoms. The van der Waals surface area contributed by atoms with Crippen LogP contribution in [0.3, 0.4) is 0 Å². The molecule has 3 nitrogen and oxygen atoms in total. The molecule has 30 heavy (non-hydrogen) atoms. The van der Waals surface area contributed by atoms with E-state index in [1.807, 2.05) is 13.0 Å². The summed E-state index contributed by atoms with van der Waals surface area (Å²) in [6, 6.07) is 21.4. The third-order valence-electron chi connectivity index (χ3n) is 5.31. The molecule has 2 aromatic rings. The standard InChI is InChI=1S/C26H36O3Si/c1-6-15-22(16-14-21-25(27)28-7-2)29-30(26(3,4)5,23-17-10-8-11-18-23)24-19-12-9-13-20-24/h8-14,17-22H,6-7,15-16H2,1-5H3/b21-14+/t22-/m1/s1.